The number of aliphatic hydroxyl groups is 1. The number of anilines is 1. The first-order valence-electron chi connectivity index (χ1n) is 5.89. The van der Waals surface area contributed by atoms with Gasteiger partial charge in [-0.25, -0.2) is 5.84 Å². The fourth-order valence-electron chi connectivity index (χ4n) is 2.07. The minimum Gasteiger partial charge on any atom is -0.388 e. The first-order chi connectivity index (χ1) is 8.61. The molecule has 8 heteroatoms. The van der Waals surface area contributed by atoms with Crippen LogP contribution in [0.3, 0.4) is 0 Å². The number of rotatable bonds is 5. The van der Waals surface area contributed by atoms with E-state index in [2.05, 4.69) is 15.6 Å². The highest BCUT2D eigenvalue weighted by molar-refractivity contribution is 7.15. The Hall–Kier alpha value is -0.800. The molecule has 0 aliphatic carbocycles. The number of likely N-dealkylation sites (N-methyl/N-ethyl adjacent to an activating group) is 1. The molecule has 2 rings (SSSR count). The molecule has 4 N–H and O–H groups in total. The number of hydrogen-bond donors (Lipinski definition) is 3. The van der Waals surface area contributed by atoms with E-state index >= 15 is 0 Å². The third-order valence-corrected chi connectivity index (χ3v) is 3.82. The Morgan fingerprint density at radius 1 is 1.50 bits per heavy atom. The highest BCUT2D eigenvalue weighted by atomic mass is 32.1. The fourth-order valence-corrected chi connectivity index (χ4v) is 2.80. The molecule has 1 aromatic heterocycles. The molecule has 0 unspecified atom stereocenters. The summed E-state index contributed by atoms with van der Waals surface area (Å²) in [5.74, 6) is 5.25. The van der Waals surface area contributed by atoms with Crippen molar-refractivity contribution < 1.29 is 9.84 Å². The lowest BCUT2D eigenvalue weighted by Gasteiger charge is -2.35. The second-order valence-electron chi connectivity index (χ2n) is 4.65. The molecular weight excluding hydrogens is 254 g/mol. The van der Waals surface area contributed by atoms with Crippen molar-refractivity contribution in [1.29, 1.82) is 0 Å². The lowest BCUT2D eigenvalue weighted by atomic mass is 9.94. The van der Waals surface area contributed by atoms with Gasteiger partial charge in [-0.2, -0.15) is 0 Å². The Morgan fingerprint density at radius 3 is 2.83 bits per heavy atom. The Morgan fingerprint density at radius 2 is 2.22 bits per heavy atom. The normalized spacial score (nSPS) is 19.1. The molecule has 1 fully saturated rings. The van der Waals surface area contributed by atoms with E-state index in [-0.39, 0.29) is 0 Å². The Bertz CT molecular complexity index is 380. The van der Waals surface area contributed by atoms with Gasteiger partial charge in [0, 0.05) is 32.6 Å². The number of hydrazine groups is 1. The third-order valence-electron chi connectivity index (χ3n) is 2.98. The number of hydrogen-bond acceptors (Lipinski definition) is 8. The molecule has 0 atom stereocenters. The van der Waals surface area contributed by atoms with E-state index in [0.717, 1.165) is 5.01 Å². The molecule has 1 aliphatic heterocycles. The fraction of sp³-hybridized carbons (Fsp3) is 0.800. The van der Waals surface area contributed by atoms with Crippen molar-refractivity contribution in [2.45, 2.75) is 25.0 Å². The van der Waals surface area contributed by atoms with Crippen LogP contribution < -0.4 is 11.3 Å². The number of nitrogens with one attached hydrogen (secondary N) is 1. The molecular formula is C10H19N5O2S. The number of nitrogen functional groups attached to an aromatic ring is 1. The summed E-state index contributed by atoms with van der Waals surface area (Å²) in [6.07, 6.45) is 1.37. The molecule has 18 heavy (non-hydrogen) atoms. The van der Waals surface area contributed by atoms with E-state index in [1.54, 1.807) is 0 Å². The summed E-state index contributed by atoms with van der Waals surface area (Å²) >= 11 is 1.42. The van der Waals surface area contributed by atoms with Gasteiger partial charge in [0.15, 0.2) is 0 Å². The molecule has 0 bridgehead atoms. The monoisotopic (exact) mass is 273 g/mol. The highest BCUT2D eigenvalue weighted by Crippen LogP contribution is 2.22. The van der Waals surface area contributed by atoms with Crippen molar-refractivity contribution in [3.8, 4) is 0 Å². The zero-order valence-electron chi connectivity index (χ0n) is 10.4. The van der Waals surface area contributed by atoms with Gasteiger partial charge in [0.2, 0.25) is 5.13 Å². The maximum absolute atomic E-state index is 10.4. The summed E-state index contributed by atoms with van der Waals surface area (Å²) < 4.78 is 5.26. The van der Waals surface area contributed by atoms with Gasteiger partial charge in [0.25, 0.3) is 0 Å². The summed E-state index contributed by atoms with van der Waals surface area (Å²) in [6, 6.07) is 0. The van der Waals surface area contributed by atoms with Gasteiger partial charge in [0.1, 0.15) is 5.01 Å². The number of ether oxygens (including phenoxy) is 1. The van der Waals surface area contributed by atoms with Crippen LogP contribution >= 0.6 is 11.3 Å². The molecule has 0 aromatic carbocycles. The zero-order valence-corrected chi connectivity index (χ0v) is 11.2. The van der Waals surface area contributed by atoms with Crippen molar-refractivity contribution in [3.63, 3.8) is 0 Å². The number of aromatic nitrogens is 2. The van der Waals surface area contributed by atoms with Gasteiger partial charge in [-0.3, -0.25) is 10.3 Å². The van der Waals surface area contributed by atoms with Gasteiger partial charge >= 0.3 is 0 Å². The lowest BCUT2D eigenvalue weighted by Crippen LogP contribution is -2.45. The molecule has 0 amide bonds. The van der Waals surface area contributed by atoms with Crippen LogP contribution in [0, 0.1) is 0 Å². The predicted octanol–water partition coefficient (Wildman–Crippen LogP) is -0.203. The van der Waals surface area contributed by atoms with Crippen molar-refractivity contribution in [2.75, 3.05) is 32.2 Å². The predicted molar refractivity (Wildman–Crippen MR) is 69.1 cm³/mol. The van der Waals surface area contributed by atoms with Crippen LogP contribution in [0.5, 0.6) is 0 Å². The molecule has 102 valence electrons. The van der Waals surface area contributed by atoms with Crippen LogP contribution in [0.2, 0.25) is 0 Å². The van der Waals surface area contributed by atoms with E-state index in [0.29, 0.717) is 44.3 Å². The maximum atomic E-state index is 10.4. The van der Waals surface area contributed by atoms with Crippen LogP contribution in [0.1, 0.15) is 17.8 Å². The van der Waals surface area contributed by atoms with Crippen LogP contribution in [-0.2, 0) is 11.3 Å². The van der Waals surface area contributed by atoms with E-state index in [1.807, 2.05) is 11.9 Å². The van der Waals surface area contributed by atoms with Crippen LogP contribution in [0.15, 0.2) is 0 Å². The second kappa shape index (κ2) is 5.89. The quantitative estimate of drug-likeness (QED) is 0.505. The molecule has 0 radical (unpaired) electrons. The summed E-state index contributed by atoms with van der Waals surface area (Å²) in [5.41, 5.74) is 1.82. The van der Waals surface area contributed by atoms with Crippen LogP contribution in [-0.4, -0.2) is 52.6 Å². The van der Waals surface area contributed by atoms with Crippen molar-refractivity contribution in [3.05, 3.63) is 5.01 Å². The maximum Gasteiger partial charge on any atom is 0.219 e. The Labute approximate surface area is 110 Å². The highest BCUT2D eigenvalue weighted by Gasteiger charge is 2.31. The number of nitrogens with two attached hydrogens (primary N) is 1. The summed E-state index contributed by atoms with van der Waals surface area (Å²) in [7, 11) is 1.96. The minimum atomic E-state index is -0.646. The zero-order chi connectivity index (χ0) is 13.0. The number of nitrogens with zero attached hydrogens (tertiary/aromatic N) is 3. The average Bonchev–Trinajstić information content (AvgIpc) is 2.76. The van der Waals surface area contributed by atoms with Crippen LogP contribution in [0.4, 0.5) is 5.13 Å². The molecule has 1 saturated heterocycles. The summed E-state index contributed by atoms with van der Waals surface area (Å²) in [5, 5.41) is 19.8. The summed E-state index contributed by atoms with van der Waals surface area (Å²) in [4.78, 5) is 2.05. The van der Waals surface area contributed by atoms with Gasteiger partial charge in [-0.05, 0) is 7.05 Å². The van der Waals surface area contributed by atoms with E-state index in [9.17, 15) is 5.11 Å². The smallest absolute Gasteiger partial charge is 0.219 e. The first kappa shape index (κ1) is 13.6. The standard InChI is InChI=1S/C10H19N5O2S/c1-15(6-8-13-14-9(12-11)18-8)7-10(16)2-4-17-5-3-10/h16H,2-7,11H2,1H3,(H,12,14). The summed E-state index contributed by atoms with van der Waals surface area (Å²) in [6.45, 7) is 2.53. The Balaban J connectivity index is 1.85. The van der Waals surface area contributed by atoms with Gasteiger partial charge < -0.3 is 9.84 Å². The first-order valence-corrected chi connectivity index (χ1v) is 6.71. The average molecular weight is 273 g/mol. The van der Waals surface area contributed by atoms with Gasteiger partial charge in [-0.15, -0.1) is 10.2 Å². The SMILES string of the molecule is CN(Cc1nnc(NN)s1)CC1(O)CCOCC1. The molecule has 2 heterocycles. The Kier molecular flexibility index (Phi) is 4.46. The van der Waals surface area contributed by atoms with Crippen molar-refractivity contribution >= 4 is 16.5 Å². The lowest BCUT2D eigenvalue weighted by molar-refractivity contribution is -0.0777. The van der Waals surface area contributed by atoms with Gasteiger partial charge in [-0.1, -0.05) is 11.3 Å². The molecule has 0 saturated carbocycles. The van der Waals surface area contributed by atoms with E-state index in [1.165, 1.54) is 11.3 Å². The van der Waals surface area contributed by atoms with Crippen molar-refractivity contribution in [1.82, 2.24) is 15.1 Å². The van der Waals surface area contributed by atoms with Crippen molar-refractivity contribution in [2.24, 2.45) is 5.84 Å². The van der Waals surface area contributed by atoms with E-state index < -0.39 is 5.60 Å². The largest absolute Gasteiger partial charge is 0.388 e. The van der Waals surface area contributed by atoms with Gasteiger partial charge in [0.05, 0.1) is 12.1 Å². The third kappa shape index (κ3) is 3.59. The van der Waals surface area contributed by atoms with Crippen LogP contribution in [0.25, 0.3) is 0 Å². The minimum absolute atomic E-state index is 0.600. The van der Waals surface area contributed by atoms with E-state index in [4.69, 9.17) is 10.6 Å². The molecule has 1 aromatic rings. The molecule has 7 nitrogen and oxygen atoms in total. The topological polar surface area (TPSA) is 96.5 Å². The molecule has 1 aliphatic rings. The molecule has 0 spiro atoms. The second-order valence-corrected chi connectivity index (χ2v) is 5.72.